The Balaban J connectivity index is 1.96. The Bertz CT molecular complexity index is 421. The topological polar surface area (TPSA) is 29.1 Å². The van der Waals surface area contributed by atoms with Gasteiger partial charge in [0.25, 0.3) is 5.91 Å². The number of carbonyl (C=O) groups excluding carboxylic acids is 1. The first-order valence-corrected chi connectivity index (χ1v) is 7.42. The lowest BCUT2D eigenvalue weighted by molar-refractivity contribution is 0.0947. The van der Waals surface area contributed by atoms with Gasteiger partial charge in [-0.05, 0) is 58.0 Å². The second kappa shape index (κ2) is 5.87. The Morgan fingerprint density at radius 3 is 3.12 bits per heavy atom. The maximum absolute atomic E-state index is 13.0. The predicted molar refractivity (Wildman–Crippen MR) is 71.9 cm³/mol. The van der Waals surface area contributed by atoms with Crippen LogP contribution in [0.4, 0.5) is 4.39 Å². The van der Waals surface area contributed by atoms with Crippen LogP contribution in [0.25, 0.3) is 0 Å². The third-order valence-corrected chi connectivity index (χ3v) is 4.67. The number of nitrogens with one attached hydrogen (secondary N) is 1. The van der Waals surface area contributed by atoms with Crippen LogP contribution in [0.2, 0.25) is 0 Å². The second-order valence-electron chi connectivity index (χ2n) is 4.06. The average Bonchev–Trinajstić information content (AvgIpc) is 2.82. The minimum absolute atomic E-state index is 0.215. The molecule has 2 nitrogen and oxygen atoms in total. The van der Waals surface area contributed by atoms with Gasteiger partial charge in [0, 0.05) is 11.0 Å². The van der Waals surface area contributed by atoms with Crippen molar-refractivity contribution in [2.45, 2.75) is 6.42 Å². The van der Waals surface area contributed by atoms with Crippen LogP contribution in [-0.4, -0.2) is 24.0 Å². The molecule has 1 aliphatic heterocycles. The smallest absolute Gasteiger partial charge is 0.252 e. The van der Waals surface area contributed by atoms with E-state index < -0.39 is 5.82 Å². The predicted octanol–water partition coefficient (Wildman–Crippen LogP) is 3.07. The third kappa shape index (κ3) is 3.45. The lowest BCUT2D eigenvalue weighted by Crippen LogP contribution is -2.29. The van der Waals surface area contributed by atoms with Crippen molar-refractivity contribution in [1.29, 1.82) is 0 Å². The molecule has 92 valence electrons. The molecule has 1 amide bonds. The summed E-state index contributed by atoms with van der Waals surface area (Å²) >= 11 is 5.17. The summed E-state index contributed by atoms with van der Waals surface area (Å²) in [4.78, 5) is 11.9. The van der Waals surface area contributed by atoms with E-state index in [1.165, 1.54) is 17.9 Å². The molecule has 1 fully saturated rings. The Morgan fingerprint density at radius 2 is 2.41 bits per heavy atom. The molecule has 5 heteroatoms. The van der Waals surface area contributed by atoms with Crippen molar-refractivity contribution in [2.24, 2.45) is 5.92 Å². The number of halogens is 2. The minimum Gasteiger partial charge on any atom is -0.352 e. The summed E-state index contributed by atoms with van der Waals surface area (Å²) in [6.45, 7) is 0.675. The molecule has 0 saturated carbocycles. The molecule has 1 heterocycles. The van der Waals surface area contributed by atoms with Gasteiger partial charge in [0.15, 0.2) is 0 Å². The van der Waals surface area contributed by atoms with Crippen LogP contribution in [0.5, 0.6) is 0 Å². The van der Waals surface area contributed by atoms with Crippen LogP contribution in [0.3, 0.4) is 0 Å². The first-order valence-electron chi connectivity index (χ1n) is 5.48. The van der Waals surface area contributed by atoms with E-state index in [0.717, 1.165) is 12.2 Å². The standard InChI is InChI=1S/C12H13BrFNOS/c13-11-2-1-9(14)5-10(11)12(16)15-6-8-3-4-17-7-8/h1-2,5,8H,3-4,6-7H2,(H,15,16). The van der Waals surface area contributed by atoms with Crippen molar-refractivity contribution < 1.29 is 9.18 Å². The van der Waals surface area contributed by atoms with Crippen molar-refractivity contribution in [2.75, 3.05) is 18.1 Å². The Hall–Kier alpha value is -0.550. The highest BCUT2D eigenvalue weighted by molar-refractivity contribution is 9.10. The molecule has 1 atom stereocenters. The second-order valence-corrected chi connectivity index (χ2v) is 6.07. The molecule has 1 unspecified atom stereocenters. The molecule has 0 bridgehead atoms. The van der Waals surface area contributed by atoms with Crippen LogP contribution >= 0.6 is 27.7 Å². The minimum atomic E-state index is -0.394. The number of amides is 1. The lowest BCUT2D eigenvalue weighted by atomic mass is 10.1. The third-order valence-electron chi connectivity index (χ3n) is 2.75. The SMILES string of the molecule is O=C(NCC1CCSC1)c1cc(F)ccc1Br. The molecule has 0 aliphatic carbocycles. The van der Waals surface area contributed by atoms with Gasteiger partial charge < -0.3 is 5.32 Å². The number of hydrogen-bond acceptors (Lipinski definition) is 2. The zero-order valence-electron chi connectivity index (χ0n) is 9.21. The number of rotatable bonds is 3. The maximum atomic E-state index is 13.0. The maximum Gasteiger partial charge on any atom is 0.252 e. The van der Waals surface area contributed by atoms with Gasteiger partial charge in [-0.15, -0.1) is 0 Å². The van der Waals surface area contributed by atoms with Gasteiger partial charge in [-0.1, -0.05) is 0 Å². The van der Waals surface area contributed by atoms with Crippen molar-refractivity contribution in [1.82, 2.24) is 5.32 Å². The van der Waals surface area contributed by atoms with Crippen LogP contribution in [-0.2, 0) is 0 Å². The molecular weight excluding hydrogens is 305 g/mol. The summed E-state index contributed by atoms with van der Waals surface area (Å²) in [5, 5.41) is 2.86. The van der Waals surface area contributed by atoms with Crippen LogP contribution in [0.15, 0.2) is 22.7 Å². The van der Waals surface area contributed by atoms with Gasteiger partial charge in [-0.25, -0.2) is 4.39 Å². The van der Waals surface area contributed by atoms with Crippen LogP contribution in [0, 0.1) is 11.7 Å². The normalized spacial score (nSPS) is 19.3. The van der Waals surface area contributed by atoms with E-state index in [0.29, 0.717) is 22.5 Å². The quantitative estimate of drug-likeness (QED) is 0.928. The van der Waals surface area contributed by atoms with Gasteiger partial charge in [0.05, 0.1) is 5.56 Å². The summed E-state index contributed by atoms with van der Waals surface area (Å²) in [6, 6.07) is 4.13. The first-order chi connectivity index (χ1) is 8.16. The Labute approximate surface area is 112 Å². The fourth-order valence-corrected chi connectivity index (χ4v) is 3.46. The Kier molecular flexibility index (Phi) is 4.45. The number of carbonyl (C=O) groups is 1. The number of hydrogen-bond donors (Lipinski definition) is 1. The molecular formula is C12H13BrFNOS. The van der Waals surface area contributed by atoms with Gasteiger partial charge in [-0.3, -0.25) is 4.79 Å². The van der Waals surface area contributed by atoms with Crippen molar-refractivity contribution in [3.63, 3.8) is 0 Å². The summed E-state index contributed by atoms with van der Waals surface area (Å²) in [6.07, 6.45) is 1.15. The van der Waals surface area contributed by atoms with Gasteiger partial charge in [-0.2, -0.15) is 11.8 Å². The summed E-state index contributed by atoms with van der Waals surface area (Å²) in [7, 11) is 0. The highest BCUT2D eigenvalue weighted by atomic mass is 79.9. The summed E-state index contributed by atoms with van der Waals surface area (Å²) < 4.78 is 13.7. The Morgan fingerprint density at radius 1 is 1.59 bits per heavy atom. The molecule has 1 aromatic rings. The monoisotopic (exact) mass is 317 g/mol. The molecule has 1 aliphatic rings. The van der Waals surface area contributed by atoms with Crippen LogP contribution in [0.1, 0.15) is 16.8 Å². The highest BCUT2D eigenvalue weighted by Gasteiger charge is 2.17. The number of benzene rings is 1. The van der Waals surface area contributed by atoms with E-state index >= 15 is 0 Å². The molecule has 1 aromatic carbocycles. The van der Waals surface area contributed by atoms with Crippen molar-refractivity contribution in [3.05, 3.63) is 34.1 Å². The van der Waals surface area contributed by atoms with E-state index in [1.54, 1.807) is 6.07 Å². The molecule has 2 rings (SSSR count). The van der Waals surface area contributed by atoms with Crippen LogP contribution < -0.4 is 5.32 Å². The van der Waals surface area contributed by atoms with Crippen molar-refractivity contribution >= 4 is 33.6 Å². The first kappa shape index (κ1) is 12.9. The van der Waals surface area contributed by atoms with Gasteiger partial charge in [0.2, 0.25) is 0 Å². The molecule has 17 heavy (non-hydrogen) atoms. The average molecular weight is 318 g/mol. The van der Waals surface area contributed by atoms with E-state index in [1.807, 2.05) is 11.8 Å². The molecule has 1 N–H and O–H groups in total. The van der Waals surface area contributed by atoms with E-state index in [-0.39, 0.29) is 5.91 Å². The lowest BCUT2D eigenvalue weighted by Gasteiger charge is -2.10. The molecule has 0 radical (unpaired) electrons. The highest BCUT2D eigenvalue weighted by Crippen LogP contribution is 2.23. The zero-order chi connectivity index (χ0) is 12.3. The van der Waals surface area contributed by atoms with Crippen molar-refractivity contribution in [3.8, 4) is 0 Å². The summed E-state index contributed by atoms with van der Waals surface area (Å²) in [5.74, 6) is 2.22. The van der Waals surface area contributed by atoms with Gasteiger partial charge >= 0.3 is 0 Å². The van der Waals surface area contributed by atoms with Gasteiger partial charge in [0.1, 0.15) is 5.82 Å². The fraction of sp³-hybridized carbons (Fsp3) is 0.417. The van der Waals surface area contributed by atoms with E-state index in [9.17, 15) is 9.18 Å². The van der Waals surface area contributed by atoms with E-state index in [4.69, 9.17) is 0 Å². The summed E-state index contributed by atoms with van der Waals surface area (Å²) in [5.41, 5.74) is 0.357. The largest absolute Gasteiger partial charge is 0.352 e. The number of thioether (sulfide) groups is 1. The zero-order valence-corrected chi connectivity index (χ0v) is 11.6. The molecule has 0 aromatic heterocycles. The fourth-order valence-electron chi connectivity index (χ4n) is 1.75. The molecule has 1 saturated heterocycles. The molecule has 0 spiro atoms. The van der Waals surface area contributed by atoms with E-state index in [2.05, 4.69) is 21.2 Å².